The third-order valence-electron chi connectivity index (χ3n) is 5.88. The van der Waals surface area contributed by atoms with E-state index in [2.05, 4.69) is 16.2 Å². The monoisotopic (exact) mass is 447 g/mol. The third kappa shape index (κ3) is 4.11. The number of halogens is 3. The number of thiophene rings is 1. The zero-order valence-electron chi connectivity index (χ0n) is 16.6. The summed E-state index contributed by atoms with van der Waals surface area (Å²) >= 11 is 1.70. The van der Waals surface area contributed by atoms with E-state index in [0.29, 0.717) is 23.8 Å². The topological polar surface area (TPSA) is 59.2 Å². The Kier molecular flexibility index (Phi) is 5.08. The summed E-state index contributed by atoms with van der Waals surface area (Å²) in [7, 11) is 0. The van der Waals surface area contributed by atoms with Crippen LogP contribution in [0.2, 0.25) is 0 Å². The van der Waals surface area contributed by atoms with Crippen LogP contribution in [0.5, 0.6) is 0 Å². The summed E-state index contributed by atoms with van der Waals surface area (Å²) in [5.74, 6) is 0.740. The van der Waals surface area contributed by atoms with Gasteiger partial charge in [0.05, 0.1) is 10.4 Å². The van der Waals surface area contributed by atoms with Gasteiger partial charge in [-0.15, -0.1) is 11.3 Å². The number of aromatic nitrogens is 2. The predicted molar refractivity (Wildman–Crippen MR) is 108 cm³/mol. The average Bonchev–Trinajstić information content (AvgIpc) is 3.46. The average molecular weight is 447 g/mol. The molecule has 0 saturated carbocycles. The molecule has 0 radical (unpaired) electrons. The molecule has 1 aromatic carbocycles. The molecule has 3 heterocycles. The molecule has 1 fully saturated rings. The van der Waals surface area contributed by atoms with Crippen LogP contribution in [0.15, 0.2) is 34.9 Å². The van der Waals surface area contributed by atoms with Gasteiger partial charge in [0.15, 0.2) is 5.82 Å². The van der Waals surface area contributed by atoms with Gasteiger partial charge < -0.3 is 9.42 Å². The first-order chi connectivity index (χ1) is 14.9. The molecule has 0 spiro atoms. The molecule has 162 valence electrons. The van der Waals surface area contributed by atoms with Gasteiger partial charge in [-0.1, -0.05) is 17.3 Å². The van der Waals surface area contributed by atoms with Gasteiger partial charge in [-0.05, 0) is 55.0 Å². The number of rotatable bonds is 4. The van der Waals surface area contributed by atoms with Gasteiger partial charge >= 0.3 is 6.18 Å². The second-order valence-corrected chi connectivity index (χ2v) is 9.23. The lowest BCUT2D eigenvalue weighted by Gasteiger charge is -2.16. The molecule has 5 nitrogen and oxygen atoms in total. The van der Waals surface area contributed by atoms with Crippen LogP contribution in [-0.4, -0.2) is 27.5 Å². The molecule has 1 aliphatic heterocycles. The van der Waals surface area contributed by atoms with Crippen LogP contribution < -0.4 is 0 Å². The summed E-state index contributed by atoms with van der Waals surface area (Å²) in [6, 6.07) is 7.04. The fourth-order valence-electron chi connectivity index (χ4n) is 4.21. The number of amides is 1. The quantitative estimate of drug-likeness (QED) is 0.551. The van der Waals surface area contributed by atoms with E-state index in [9.17, 15) is 18.0 Å². The third-order valence-corrected chi connectivity index (χ3v) is 7.11. The number of nitrogens with zero attached hydrogens (tertiary/aromatic N) is 3. The van der Waals surface area contributed by atoms with Crippen LogP contribution in [0.1, 0.15) is 52.6 Å². The molecule has 1 aliphatic carbocycles. The highest BCUT2D eigenvalue weighted by molar-refractivity contribution is 7.15. The van der Waals surface area contributed by atoms with Crippen molar-refractivity contribution in [2.75, 3.05) is 6.54 Å². The number of carbonyl (C=O) groups excluding carboxylic acids is 1. The van der Waals surface area contributed by atoms with Crippen LogP contribution in [0.3, 0.4) is 0 Å². The summed E-state index contributed by atoms with van der Waals surface area (Å²) in [4.78, 5) is 21.0. The molecule has 31 heavy (non-hydrogen) atoms. The maximum absolute atomic E-state index is 12.7. The SMILES string of the molecule is O=C1CC(c2noc(-c3cc4c(s3)CCCC4)n2)CN1Cc1ccc(C(F)(F)F)cc1. The molecule has 9 heteroatoms. The normalized spacial score (nSPS) is 19.1. The van der Waals surface area contributed by atoms with E-state index in [-0.39, 0.29) is 24.8 Å². The minimum atomic E-state index is -4.37. The molecule has 0 bridgehead atoms. The van der Waals surface area contributed by atoms with E-state index in [0.717, 1.165) is 29.9 Å². The van der Waals surface area contributed by atoms with Crippen molar-refractivity contribution in [3.63, 3.8) is 0 Å². The van der Waals surface area contributed by atoms with Crippen molar-refractivity contribution in [1.82, 2.24) is 15.0 Å². The van der Waals surface area contributed by atoms with Gasteiger partial charge in [-0.25, -0.2) is 0 Å². The number of likely N-dealkylation sites (tertiary alicyclic amines) is 1. The van der Waals surface area contributed by atoms with E-state index >= 15 is 0 Å². The number of hydrogen-bond donors (Lipinski definition) is 0. The summed E-state index contributed by atoms with van der Waals surface area (Å²) in [5, 5.41) is 4.11. The second-order valence-electron chi connectivity index (χ2n) is 8.09. The van der Waals surface area contributed by atoms with Crippen LogP contribution in [-0.2, 0) is 30.4 Å². The number of hydrogen-bond acceptors (Lipinski definition) is 5. The van der Waals surface area contributed by atoms with Crippen LogP contribution >= 0.6 is 11.3 Å². The lowest BCUT2D eigenvalue weighted by molar-refractivity contribution is -0.137. The van der Waals surface area contributed by atoms with Gasteiger partial charge in [0.25, 0.3) is 5.89 Å². The lowest BCUT2D eigenvalue weighted by Crippen LogP contribution is -2.24. The molecule has 2 aromatic heterocycles. The Morgan fingerprint density at radius 2 is 1.94 bits per heavy atom. The van der Waals surface area contributed by atoms with Crippen LogP contribution in [0.4, 0.5) is 13.2 Å². The van der Waals surface area contributed by atoms with E-state index in [4.69, 9.17) is 4.52 Å². The van der Waals surface area contributed by atoms with Crippen molar-refractivity contribution in [3.05, 3.63) is 57.7 Å². The number of alkyl halides is 3. The lowest BCUT2D eigenvalue weighted by atomic mass is 9.99. The Balaban J connectivity index is 1.27. The van der Waals surface area contributed by atoms with Crippen LogP contribution in [0, 0.1) is 0 Å². The first-order valence-corrected chi connectivity index (χ1v) is 11.1. The molecule has 1 unspecified atom stereocenters. The maximum Gasteiger partial charge on any atom is 0.416 e. The molecule has 1 amide bonds. The fraction of sp³-hybridized carbons (Fsp3) is 0.409. The van der Waals surface area contributed by atoms with E-state index < -0.39 is 11.7 Å². The smallest absolute Gasteiger partial charge is 0.338 e. The molecule has 2 aliphatic rings. The Labute approximate surface area is 180 Å². The highest BCUT2D eigenvalue weighted by atomic mass is 32.1. The second kappa shape index (κ2) is 7.78. The molecule has 5 rings (SSSR count). The van der Waals surface area contributed by atoms with Crippen LogP contribution in [0.25, 0.3) is 10.8 Å². The predicted octanol–water partition coefficient (Wildman–Crippen LogP) is 5.21. The van der Waals surface area contributed by atoms with Gasteiger partial charge in [0, 0.05) is 30.3 Å². The molecule has 0 N–H and O–H groups in total. The first kappa shape index (κ1) is 20.2. The van der Waals surface area contributed by atoms with Crippen molar-refractivity contribution in [2.45, 2.75) is 50.7 Å². The number of fused-ring (bicyclic) bond motifs is 1. The molecular weight excluding hydrogens is 427 g/mol. The fourth-order valence-corrected chi connectivity index (χ4v) is 5.39. The van der Waals surface area contributed by atoms with Gasteiger partial charge in [0.1, 0.15) is 0 Å². The summed E-state index contributed by atoms with van der Waals surface area (Å²) in [6.07, 6.45) is 0.490. The number of aryl methyl sites for hydroxylation is 2. The van der Waals surface area contributed by atoms with Gasteiger partial charge in [-0.3, -0.25) is 4.79 Å². The number of benzene rings is 1. The van der Waals surface area contributed by atoms with Crippen molar-refractivity contribution in [3.8, 4) is 10.8 Å². The largest absolute Gasteiger partial charge is 0.416 e. The van der Waals surface area contributed by atoms with Gasteiger partial charge in [0.2, 0.25) is 5.91 Å². The van der Waals surface area contributed by atoms with Crippen molar-refractivity contribution >= 4 is 17.2 Å². The van der Waals surface area contributed by atoms with E-state index in [1.54, 1.807) is 16.2 Å². The highest BCUT2D eigenvalue weighted by Crippen LogP contribution is 2.36. The van der Waals surface area contributed by atoms with E-state index in [1.807, 2.05) is 0 Å². The molecule has 1 saturated heterocycles. The van der Waals surface area contributed by atoms with E-state index in [1.165, 1.54) is 35.4 Å². The molecule has 1 atom stereocenters. The Hall–Kier alpha value is -2.68. The minimum Gasteiger partial charge on any atom is -0.338 e. The summed E-state index contributed by atoms with van der Waals surface area (Å²) < 4.78 is 43.7. The van der Waals surface area contributed by atoms with Gasteiger partial charge in [-0.2, -0.15) is 18.2 Å². The molecule has 3 aromatic rings. The van der Waals surface area contributed by atoms with Crippen molar-refractivity contribution in [1.29, 1.82) is 0 Å². The summed E-state index contributed by atoms with van der Waals surface area (Å²) in [5.41, 5.74) is 1.32. The Bertz CT molecular complexity index is 1080. The van der Waals surface area contributed by atoms with Crippen molar-refractivity contribution in [2.24, 2.45) is 0 Å². The Morgan fingerprint density at radius 1 is 1.16 bits per heavy atom. The summed E-state index contributed by atoms with van der Waals surface area (Å²) in [6.45, 7) is 0.676. The zero-order valence-corrected chi connectivity index (χ0v) is 17.4. The minimum absolute atomic E-state index is 0.0668. The standard InChI is InChI=1S/C22H20F3N3O2S/c23-22(24,25)16-7-5-13(6-8-16)11-28-12-15(10-19(28)29)20-26-21(30-27-20)18-9-14-3-1-2-4-17(14)31-18/h5-9,15H,1-4,10-12H2. The molecular formula is C22H20F3N3O2S. The maximum atomic E-state index is 12.7. The number of carbonyl (C=O) groups is 1. The zero-order chi connectivity index (χ0) is 21.6. The van der Waals surface area contributed by atoms with Crippen molar-refractivity contribution < 1.29 is 22.5 Å². The highest BCUT2D eigenvalue weighted by Gasteiger charge is 2.34. The Morgan fingerprint density at radius 3 is 2.68 bits per heavy atom. The first-order valence-electron chi connectivity index (χ1n) is 10.3.